The number of rotatable bonds is 5. The first-order valence-corrected chi connectivity index (χ1v) is 8.06. The minimum Gasteiger partial charge on any atom is -0.480 e. The van der Waals surface area contributed by atoms with Gasteiger partial charge in [-0.2, -0.15) is 4.31 Å². The fraction of sp³-hybridized carbons (Fsp3) is 0.462. The Bertz CT molecular complexity index is 633. The maximum absolute atomic E-state index is 13.5. The van der Waals surface area contributed by atoms with E-state index in [1.54, 1.807) is 6.07 Å². The maximum atomic E-state index is 13.5. The summed E-state index contributed by atoms with van der Waals surface area (Å²) in [7, 11) is -3.88. The quantitative estimate of drug-likeness (QED) is 0.810. The lowest BCUT2D eigenvalue weighted by Gasteiger charge is -2.20. The molecule has 0 unspecified atom stereocenters. The molecule has 8 heteroatoms. The molecular formula is C13H16FNO5S. The number of carbonyl (C=O) groups is 1. The average molecular weight is 317 g/mol. The Kier molecular flexibility index (Phi) is 4.60. The van der Waals surface area contributed by atoms with Crippen LogP contribution in [0.4, 0.5) is 4.39 Å². The summed E-state index contributed by atoms with van der Waals surface area (Å²) >= 11 is 0. The molecule has 0 bridgehead atoms. The lowest BCUT2D eigenvalue weighted by Crippen LogP contribution is -2.42. The van der Waals surface area contributed by atoms with Crippen LogP contribution in [0.25, 0.3) is 0 Å². The van der Waals surface area contributed by atoms with E-state index in [0.717, 1.165) is 4.31 Å². The number of aliphatic hydroxyl groups is 1. The molecule has 0 aromatic heterocycles. The van der Waals surface area contributed by atoms with Gasteiger partial charge in [-0.15, -0.1) is 0 Å². The van der Waals surface area contributed by atoms with Crippen LogP contribution < -0.4 is 0 Å². The van der Waals surface area contributed by atoms with E-state index in [0.29, 0.717) is 0 Å². The maximum Gasteiger partial charge on any atom is 0.322 e. The minimum atomic E-state index is -3.88. The van der Waals surface area contributed by atoms with Crippen molar-refractivity contribution < 1.29 is 27.8 Å². The molecule has 0 amide bonds. The van der Waals surface area contributed by atoms with Gasteiger partial charge in [-0.05, 0) is 18.1 Å². The van der Waals surface area contributed by atoms with Gasteiger partial charge in [0.1, 0.15) is 11.9 Å². The largest absolute Gasteiger partial charge is 0.480 e. The van der Waals surface area contributed by atoms with Gasteiger partial charge in [0.2, 0.25) is 10.0 Å². The van der Waals surface area contributed by atoms with Crippen LogP contribution in [-0.2, 0) is 21.2 Å². The number of nitrogens with zero attached hydrogens (tertiary/aromatic N) is 1. The second-order valence-corrected chi connectivity index (χ2v) is 7.01. The zero-order chi connectivity index (χ0) is 15.6. The minimum absolute atomic E-state index is 0.0477. The van der Waals surface area contributed by atoms with Gasteiger partial charge in [0, 0.05) is 13.0 Å². The molecule has 1 aliphatic heterocycles. The SMILES string of the molecule is O=C(O)[C@H]1C[C@H](O)CN1S(=O)(=O)CCc1ccccc1F. The number of benzene rings is 1. The Morgan fingerprint density at radius 2 is 2.05 bits per heavy atom. The molecule has 2 atom stereocenters. The normalized spacial score (nSPS) is 23.3. The molecule has 116 valence electrons. The van der Waals surface area contributed by atoms with Crippen LogP contribution in [0.3, 0.4) is 0 Å². The molecule has 6 nitrogen and oxygen atoms in total. The summed E-state index contributed by atoms with van der Waals surface area (Å²) in [5.41, 5.74) is 0.257. The Labute approximate surface area is 121 Å². The number of β-amino-alcohol motifs (C(OH)–C–C–N with tert-alkyl or cyclic N) is 1. The highest BCUT2D eigenvalue weighted by Gasteiger charge is 2.42. The number of sulfonamides is 1. The average Bonchev–Trinajstić information content (AvgIpc) is 2.81. The number of carboxylic acids is 1. The molecule has 21 heavy (non-hydrogen) atoms. The molecule has 2 N–H and O–H groups in total. The van der Waals surface area contributed by atoms with E-state index in [9.17, 15) is 22.7 Å². The first-order valence-electron chi connectivity index (χ1n) is 6.45. The van der Waals surface area contributed by atoms with Crippen LogP contribution in [0.15, 0.2) is 24.3 Å². The second kappa shape index (κ2) is 6.08. The van der Waals surface area contributed by atoms with Crippen molar-refractivity contribution >= 4 is 16.0 Å². The molecule has 0 saturated carbocycles. The topological polar surface area (TPSA) is 94.9 Å². The third kappa shape index (κ3) is 3.58. The zero-order valence-corrected chi connectivity index (χ0v) is 12.0. The third-order valence-electron chi connectivity index (χ3n) is 3.46. The van der Waals surface area contributed by atoms with E-state index < -0.39 is 39.7 Å². The van der Waals surface area contributed by atoms with Crippen LogP contribution >= 0.6 is 0 Å². The van der Waals surface area contributed by atoms with Crippen molar-refractivity contribution in [1.29, 1.82) is 0 Å². The van der Waals surface area contributed by atoms with E-state index in [1.807, 2.05) is 0 Å². The van der Waals surface area contributed by atoms with Crippen molar-refractivity contribution in [1.82, 2.24) is 4.31 Å². The van der Waals surface area contributed by atoms with Gasteiger partial charge in [-0.1, -0.05) is 18.2 Å². The zero-order valence-electron chi connectivity index (χ0n) is 11.1. The van der Waals surface area contributed by atoms with E-state index in [2.05, 4.69) is 0 Å². The van der Waals surface area contributed by atoms with Crippen LogP contribution in [0.2, 0.25) is 0 Å². The Balaban J connectivity index is 2.11. The number of hydrogen-bond acceptors (Lipinski definition) is 4. The molecular weight excluding hydrogens is 301 g/mol. The van der Waals surface area contributed by atoms with Crippen molar-refractivity contribution in [2.75, 3.05) is 12.3 Å². The number of aryl methyl sites for hydroxylation is 1. The number of aliphatic carboxylic acids is 1. The fourth-order valence-electron chi connectivity index (χ4n) is 2.37. The van der Waals surface area contributed by atoms with Crippen LogP contribution in [0, 0.1) is 5.82 Å². The van der Waals surface area contributed by atoms with Crippen molar-refractivity contribution in [3.63, 3.8) is 0 Å². The van der Waals surface area contributed by atoms with Crippen LogP contribution in [0.5, 0.6) is 0 Å². The van der Waals surface area contributed by atoms with Crippen molar-refractivity contribution in [2.24, 2.45) is 0 Å². The van der Waals surface area contributed by atoms with E-state index in [4.69, 9.17) is 5.11 Å². The number of aliphatic hydroxyl groups excluding tert-OH is 1. The Hall–Kier alpha value is -1.51. The molecule has 0 aliphatic carbocycles. The molecule has 1 aromatic carbocycles. The number of carboxylic acid groups (broad SMARTS) is 1. The molecule has 2 rings (SSSR count). The van der Waals surface area contributed by atoms with Crippen LogP contribution in [-0.4, -0.2) is 53.3 Å². The van der Waals surface area contributed by atoms with Crippen molar-refractivity contribution in [3.05, 3.63) is 35.6 Å². The highest BCUT2D eigenvalue weighted by molar-refractivity contribution is 7.89. The summed E-state index contributed by atoms with van der Waals surface area (Å²) in [4.78, 5) is 11.1. The molecule has 1 aliphatic rings. The molecule has 1 heterocycles. The summed E-state index contributed by atoms with van der Waals surface area (Å²) in [6.45, 7) is -0.240. The first kappa shape index (κ1) is 15.9. The summed E-state index contributed by atoms with van der Waals surface area (Å²) < 4.78 is 38.7. The highest BCUT2D eigenvalue weighted by Crippen LogP contribution is 2.23. The van der Waals surface area contributed by atoms with Crippen LogP contribution in [0.1, 0.15) is 12.0 Å². The summed E-state index contributed by atoms with van der Waals surface area (Å²) in [5.74, 6) is -2.19. The van der Waals surface area contributed by atoms with E-state index in [-0.39, 0.29) is 24.9 Å². The lowest BCUT2D eigenvalue weighted by molar-refractivity contribution is -0.140. The summed E-state index contributed by atoms with van der Waals surface area (Å²) in [6.07, 6.45) is -1.17. The monoisotopic (exact) mass is 317 g/mol. The molecule has 1 saturated heterocycles. The van der Waals surface area contributed by atoms with Gasteiger partial charge in [0.15, 0.2) is 0 Å². The van der Waals surface area contributed by atoms with Gasteiger partial charge in [0.25, 0.3) is 0 Å². The highest BCUT2D eigenvalue weighted by atomic mass is 32.2. The van der Waals surface area contributed by atoms with E-state index >= 15 is 0 Å². The number of hydrogen-bond donors (Lipinski definition) is 2. The smallest absolute Gasteiger partial charge is 0.322 e. The van der Waals surface area contributed by atoms with E-state index in [1.165, 1.54) is 18.2 Å². The first-order chi connectivity index (χ1) is 9.81. The van der Waals surface area contributed by atoms with Gasteiger partial charge in [-0.25, -0.2) is 12.8 Å². The third-order valence-corrected chi connectivity index (χ3v) is 5.30. The predicted molar refractivity (Wildman–Crippen MR) is 72.6 cm³/mol. The van der Waals surface area contributed by atoms with Gasteiger partial charge in [0.05, 0.1) is 11.9 Å². The lowest BCUT2D eigenvalue weighted by atomic mass is 10.2. The van der Waals surface area contributed by atoms with Crippen molar-refractivity contribution in [3.8, 4) is 0 Å². The molecule has 1 fully saturated rings. The van der Waals surface area contributed by atoms with Gasteiger partial charge in [-0.3, -0.25) is 4.79 Å². The molecule has 1 aromatic rings. The summed E-state index contributed by atoms with van der Waals surface area (Å²) in [6, 6.07) is 4.57. The Morgan fingerprint density at radius 3 is 2.67 bits per heavy atom. The summed E-state index contributed by atoms with van der Waals surface area (Å²) in [5, 5.41) is 18.5. The standard InChI is InChI=1S/C13H16FNO5S/c14-11-4-2-1-3-9(11)5-6-21(19,20)15-8-10(16)7-12(15)13(17)18/h1-4,10,12,16H,5-8H2,(H,17,18)/t10-,12+/m0/s1. The van der Waals surface area contributed by atoms with Crippen molar-refractivity contribution in [2.45, 2.75) is 25.0 Å². The fourth-order valence-corrected chi connectivity index (χ4v) is 4.05. The predicted octanol–water partition coefficient (Wildman–Crippen LogP) is 0.218. The van der Waals surface area contributed by atoms with Gasteiger partial charge >= 0.3 is 5.97 Å². The van der Waals surface area contributed by atoms with Gasteiger partial charge < -0.3 is 10.2 Å². The Morgan fingerprint density at radius 1 is 1.38 bits per heavy atom. The number of halogens is 1. The molecule has 0 radical (unpaired) electrons. The second-order valence-electron chi connectivity index (χ2n) is 4.97. The molecule has 0 spiro atoms.